The molecule has 0 fully saturated rings. The summed E-state index contributed by atoms with van der Waals surface area (Å²) >= 11 is 1.26. The van der Waals surface area contributed by atoms with Crippen molar-refractivity contribution in [1.29, 1.82) is 0 Å². The molecule has 168 valence electrons. The van der Waals surface area contributed by atoms with Crippen molar-refractivity contribution < 1.29 is 14.3 Å². The first-order valence-corrected chi connectivity index (χ1v) is 10.0. The van der Waals surface area contributed by atoms with Gasteiger partial charge in [-0.25, -0.2) is 10.1 Å². The van der Waals surface area contributed by atoms with Crippen molar-refractivity contribution in [3.8, 4) is 5.82 Å². The van der Waals surface area contributed by atoms with E-state index in [-0.39, 0.29) is 34.3 Å². The third-order valence-corrected chi connectivity index (χ3v) is 5.23. The summed E-state index contributed by atoms with van der Waals surface area (Å²) in [5.74, 6) is -0.521. The Balaban J connectivity index is 1.59. The highest BCUT2D eigenvalue weighted by Gasteiger charge is 2.24. The largest absolute Gasteiger partial charge is 0.378 e. The lowest BCUT2D eigenvalue weighted by Crippen LogP contribution is -2.20. The molecule has 0 aliphatic carbocycles. The Morgan fingerprint density at radius 3 is 2.88 bits per heavy atom. The molecule has 0 saturated carbocycles. The average Bonchev–Trinajstić information content (AvgIpc) is 3.52. The van der Waals surface area contributed by atoms with Crippen LogP contribution in [0.4, 0.5) is 11.5 Å². The highest BCUT2D eigenvalue weighted by atomic mass is 32.2. The highest BCUT2D eigenvalue weighted by molar-refractivity contribution is 7.98. The molecule has 0 radical (unpaired) electrons. The number of amides is 1. The highest BCUT2D eigenvalue weighted by Crippen LogP contribution is 2.24. The second-order valence-electron chi connectivity index (χ2n) is 6.30. The summed E-state index contributed by atoms with van der Waals surface area (Å²) in [6.45, 7) is 0. The van der Waals surface area contributed by atoms with Crippen molar-refractivity contribution in [2.24, 2.45) is 12.1 Å². The third kappa shape index (κ3) is 4.51. The van der Waals surface area contributed by atoms with Gasteiger partial charge in [-0.2, -0.15) is 9.78 Å². The second kappa shape index (κ2) is 9.22. The molecule has 4 aromatic rings. The number of hydrogen-bond acceptors (Lipinski definition) is 13. The van der Waals surface area contributed by atoms with E-state index in [4.69, 9.17) is 5.73 Å². The molecule has 4 rings (SSSR count). The lowest BCUT2D eigenvalue weighted by atomic mass is 10.2. The van der Waals surface area contributed by atoms with E-state index >= 15 is 0 Å². The van der Waals surface area contributed by atoms with Gasteiger partial charge in [0.05, 0.1) is 22.4 Å². The molecule has 3 aromatic heterocycles. The van der Waals surface area contributed by atoms with Crippen LogP contribution in [0.5, 0.6) is 0 Å². The molecule has 0 aliphatic heterocycles. The average molecular weight is 470 g/mol. The second-order valence-corrected chi connectivity index (χ2v) is 7.24. The monoisotopic (exact) mass is 470 g/mol. The topological polar surface area (TPSA) is 211 Å². The number of rotatable bonds is 8. The number of benzene rings is 1. The van der Waals surface area contributed by atoms with Gasteiger partial charge in [-0.15, -0.1) is 15.3 Å². The smallest absolute Gasteiger partial charge is 0.293 e. The third-order valence-electron chi connectivity index (χ3n) is 4.19. The molecule has 16 nitrogen and oxygen atoms in total. The molecule has 1 amide bonds. The number of nitrogens with two attached hydrogens (primary N) is 1. The number of nitrogens with zero attached hydrogens (tertiary/aromatic N) is 10. The van der Waals surface area contributed by atoms with Crippen LogP contribution in [-0.4, -0.2) is 57.1 Å². The van der Waals surface area contributed by atoms with E-state index < -0.39 is 10.8 Å². The Morgan fingerprint density at radius 2 is 2.18 bits per heavy atom. The summed E-state index contributed by atoms with van der Waals surface area (Å²) in [4.78, 5) is 23.3. The van der Waals surface area contributed by atoms with Gasteiger partial charge in [0, 0.05) is 18.9 Å². The van der Waals surface area contributed by atoms with Crippen molar-refractivity contribution in [3.05, 3.63) is 57.7 Å². The number of carbonyl (C=O) groups excluding carboxylic acids is 1. The molecule has 3 N–H and O–H groups in total. The maximum absolute atomic E-state index is 12.8. The fraction of sp³-hybridized carbons (Fsp3) is 0.125. The molecule has 1 aromatic carbocycles. The molecule has 0 spiro atoms. The number of para-hydroxylation sites is 1. The van der Waals surface area contributed by atoms with Gasteiger partial charge in [-0.3, -0.25) is 14.9 Å². The zero-order chi connectivity index (χ0) is 23.4. The number of aromatic nitrogens is 8. The van der Waals surface area contributed by atoms with E-state index in [9.17, 15) is 14.9 Å². The Morgan fingerprint density at radius 1 is 1.36 bits per heavy atom. The van der Waals surface area contributed by atoms with Crippen molar-refractivity contribution in [1.82, 2.24) is 45.5 Å². The first-order valence-electron chi connectivity index (χ1n) is 9.02. The summed E-state index contributed by atoms with van der Waals surface area (Å²) in [6.07, 6.45) is 2.69. The summed E-state index contributed by atoms with van der Waals surface area (Å²) in [5.41, 5.74) is 8.34. The number of nitro benzene ring substituents is 1. The summed E-state index contributed by atoms with van der Waals surface area (Å²) in [5, 5.41) is 38.3. The van der Waals surface area contributed by atoms with Crippen LogP contribution in [0.25, 0.3) is 5.82 Å². The maximum atomic E-state index is 12.8. The quantitative estimate of drug-likeness (QED) is 0.154. The molecule has 0 saturated heterocycles. The molecular formula is C16H14N12O4S. The summed E-state index contributed by atoms with van der Waals surface area (Å²) < 4.78 is 7.53. The molecule has 17 heteroatoms. The van der Waals surface area contributed by atoms with Gasteiger partial charge >= 0.3 is 0 Å². The Hall–Kier alpha value is -4.67. The molecule has 0 aliphatic rings. The van der Waals surface area contributed by atoms with Gasteiger partial charge in [0.1, 0.15) is 6.33 Å². The number of nitro groups is 1. The van der Waals surface area contributed by atoms with Gasteiger partial charge < -0.3 is 10.3 Å². The standard InChI is InChI=1S/C16H14N12O4S/c1-26-8-19-22-16(26)33-7-11-12(20-25-27(11)14-13(17)23-32-24-14)15(29)21-18-6-9-4-2-3-5-10(9)28(30)31/h2-6,8H,7H2,1H3,(H2,17,23)(H,21,29)/b18-6+. The van der Waals surface area contributed by atoms with E-state index in [0.29, 0.717) is 10.9 Å². The van der Waals surface area contributed by atoms with Crippen LogP contribution in [0.2, 0.25) is 0 Å². The van der Waals surface area contributed by atoms with Gasteiger partial charge in [0.15, 0.2) is 10.9 Å². The Kier molecular flexibility index (Phi) is 6.02. The summed E-state index contributed by atoms with van der Waals surface area (Å²) in [7, 11) is 1.77. The fourth-order valence-corrected chi connectivity index (χ4v) is 3.51. The van der Waals surface area contributed by atoms with E-state index in [0.717, 1.165) is 6.21 Å². The number of thioether (sulfide) groups is 1. The first-order chi connectivity index (χ1) is 16.0. The van der Waals surface area contributed by atoms with Crippen molar-refractivity contribution in [3.63, 3.8) is 0 Å². The van der Waals surface area contributed by atoms with Crippen LogP contribution >= 0.6 is 11.8 Å². The minimum absolute atomic E-state index is 0.0498. The van der Waals surface area contributed by atoms with Crippen molar-refractivity contribution in [2.75, 3.05) is 5.73 Å². The molecule has 3 heterocycles. The van der Waals surface area contributed by atoms with Crippen LogP contribution < -0.4 is 11.2 Å². The number of hydrazone groups is 1. The number of carbonyl (C=O) groups is 1. The predicted molar refractivity (Wildman–Crippen MR) is 112 cm³/mol. The van der Waals surface area contributed by atoms with Gasteiger partial charge in [-0.05, 0) is 16.4 Å². The van der Waals surface area contributed by atoms with Gasteiger partial charge in [-0.1, -0.05) is 29.1 Å². The SMILES string of the molecule is Cn1cnnc1SCc1c(C(=O)N/N=C/c2ccccc2[N+](=O)[O-])nnn1-c1nonc1N. The number of nitrogen functional groups attached to an aromatic ring is 1. The van der Waals surface area contributed by atoms with E-state index in [1.165, 1.54) is 41.0 Å². The fourth-order valence-electron chi connectivity index (χ4n) is 2.63. The van der Waals surface area contributed by atoms with Gasteiger partial charge in [0.2, 0.25) is 11.6 Å². The number of nitrogens with one attached hydrogen (secondary N) is 1. The lowest BCUT2D eigenvalue weighted by Gasteiger charge is -2.05. The molecule has 0 unspecified atom stereocenters. The van der Waals surface area contributed by atoms with E-state index in [1.54, 1.807) is 17.7 Å². The van der Waals surface area contributed by atoms with Crippen LogP contribution in [0.15, 0.2) is 45.5 Å². The number of aryl methyl sites for hydroxylation is 1. The Labute approximate surface area is 188 Å². The van der Waals surface area contributed by atoms with Crippen molar-refractivity contribution in [2.45, 2.75) is 10.9 Å². The number of hydrogen-bond donors (Lipinski definition) is 2. The Bertz CT molecular complexity index is 1340. The first kappa shape index (κ1) is 21.6. The normalized spacial score (nSPS) is 11.2. The van der Waals surface area contributed by atoms with Crippen LogP contribution in [0, 0.1) is 10.1 Å². The van der Waals surface area contributed by atoms with Crippen LogP contribution in [-0.2, 0) is 12.8 Å². The lowest BCUT2D eigenvalue weighted by molar-refractivity contribution is -0.385. The van der Waals surface area contributed by atoms with Crippen molar-refractivity contribution >= 4 is 35.4 Å². The van der Waals surface area contributed by atoms with Gasteiger partial charge in [0.25, 0.3) is 11.6 Å². The predicted octanol–water partition coefficient (Wildman–Crippen LogP) is 0.325. The molecule has 0 bridgehead atoms. The molecular weight excluding hydrogens is 456 g/mol. The minimum atomic E-state index is -0.709. The summed E-state index contributed by atoms with van der Waals surface area (Å²) in [6, 6.07) is 5.96. The molecule has 0 atom stereocenters. The zero-order valence-corrected chi connectivity index (χ0v) is 17.6. The van der Waals surface area contributed by atoms with E-state index in [1.807, 2.05) is 0 Å². The minimum Gasteiger partial charge on any atom is -0.378 e. The molecule has 33 heavy (non-hydrogen) atoms. The number of anilines is 1. The maximum Gasteiger partial charge on any atom is 0.293 e. The zero-order valence-electron chi connectivity index (χ0n) is 16.8. The van der Waals surface area contributed by atoms with E-state index in [2.05, 4.69) is 46.0 Å². The van der Waals surface area contributed by atoms with Crippen LogP contribution in [0.3, 0.4) is 0 Å². The van der Waals surface area contributed by atoms with Crippen LogP contribution in [0.1, 0.15) is 21.7 Å².